The standard InChI is InChI=1S/C22H25N5O2S/c1-12-6-7-14-13(8-12)9-17(24-14)20(28)25-15-4-2-3-5-16(15)26-21(29)22-27-18-10-23-11-19(18)30-22/h6-9,15-16,23-24H,2-5,10-11H2,1H3,(H,25,28)(H,26,29)/t15-,16+/m0/s1. The zero-order valence-electron chi connectivity index (χ0n) is 16.9. The van der Waals surface area contributed by atoms with Gasteiger partial charge in [0.15, 0.2) is 5.01 Å². The van der Waals surface area contributed by atoms with Crippen LogP contribution in [0.4, 0.5) is 0 Å². The van der Waals surface area contributed by atoms with Crippen molar-refractivity contribution < 1.29 is 9.59 Å². The van der Waals surface area contributed by atoms with Crippen molar-refractivity contribution >= 4 is 34.1 Å². The minimum atomic E-state index is -0.137. The summed E-state index contributed by atoms with van der Waals surface area (Å²) in [5, 5.41) is 11.1. The number of aryl methyl sites for hydroxylation is 1. The first-order chi connectivity index (χ1) is 14.6. The Kier molecular flexibility index (Phi) is 5.04. The predicted molar refractivity (Wildman–Crippen MR) is 117 cm³/mol. The summed E-state index contributed by atoms with van der Waals surface area (Å²) in [6.45, 7) is 3.55. The molecule has 5 rings (SSSR count). The number of aromatic nitrogens is 2. The van der Waals surface area contributed by atoms with Crippen molar-refractivity contribution in [3.63, 3.8) is 0 Å². The molecule has 1 saturated carbocycles. The van der Waals surface area contributed by atoms with Gasteiger partial charge in [-0.2, -0.15) is 0 Å². The molecule has 0 bridgehead atoms. The zero-order chi connectivity index (χ0) is 20.7. The van der Waals surface area contributed by atoms with Crippen LogP contribution in [-0.4, -0.2) is 33.9 Å². The molecule has 0 saturated heterocycles. The summed E-state index contributed by atoms with van der Waals surface area (Å²) in [6.07, 6.45) is 3.80. The second-order valence-electron chi connectivity index (χ2n) is 8.21. The molecule has 1 aliphatic carbocycles. The van der Waals surface area contributed by atoms with E-state index >= 15 is 0 Å². The van der Waals surface area contributed by atoms with Crippen molar-refractivity contribution in [2.24, 2.45) is 0 Å². The molecule has 0 radical (unpaired) electrons. The maximum absolute atomic E-state index is 12.9. The predicted octanol–water partition coefficient (Wildman–Crippen LogP) is 3.01. The molecule has 30 heavy (non-hydrogen) atoms. The fourth-order valence-electron chi connectivity index (χ4n) is 4.38. The highest BCUT2D eigenvalue weighted by atomic mass is 32.1. The summed E-state index contributed by atoms with van der Waals surface area (Å²) in [5.41, 5.74) is 3.64. The molecule has 1 fully saturated rings. The van der Waals surface area contributed by atoms with Crippen molar-refractivity contribution in [3.05, 3.63) is 51.1 Å². The van der Waals surface area contributed by atoms with Gasteiger partial charge in [-0.25, -0.2) is 4.98 Å². The van der Waals surface area contributed by atoms with Gasteiger partial charge in [0.1, 0.15) is 5.69 Å². The lowest BCUT2D eigenvalue weighted by molar-refractivity contribution is 0.0860. The van der Waals surface area contributed by atoms with Gasteiger partial charge in [-0.05, 0) is 38.0 Å². The number of hydrogen-bond donors (Lipinski definition) is 4. The van der Waals surface area contributed by atoms with Crippen LogP contribution in [0, 0.1) is 6.92 Å². The molecule has 3 aromatic rings. The number of aromatic amines is 1. The van der Waals surface area contributed by atoms with Crippen LogP contribution < -0.4 is 16.0 Å². The van der Waals surface area contributed by atoms with Crippen molar-refractivity contribution in [1.29, 1.82) is 0 Å². The summed E-state index contributed by atoms with van der Waals surface area (Å²) in [7, 11) is 0. The maximum Gasteiger partial charge on any atom is 0.280 e. The van der Waals surface area contributed by atoms with Crippen LogP contribution in [0.15, 0.2) is 24.3 Å². The number of fused-ring (bicyclic) bond motifs is 2. The Morgan fingerprint density at radius 2 is 1.83 bits per heavy atom. The van der Waals surface area contributed by atoms with Gasteiger partial charge in [-0.3, -0.25) is 9.59 Å². The lowest BCUT2D eigenvalue weighted by Crippen LogP contribution is -2.53. The third-order valence-corrected chi connectivity index (χ3v) is 7.07. The van der Waals surface area contributed by atoms with Crippen molar-refractivity contribution in [3.8, 4) is 0 Å². The normalized spacial score (nSPS) is 20.8. The highest BCUT2D eigenvalue weighted by molar-refractivity contribution is 7.13. The van der Waals surface area contributed by atoms with Crippen LogP contribution in [0.25, 0.3) is 10.9 Å². The summed E-state index contributed by atoms with van der Waals surface area (Å²) < 4.78 is 0. The number of nitrogens with zero attached hydrogens (tertiary/aromatic N) is 1. The van der Waals surface area contributed by atoms with Gasteiger partial charge in [0, 0.05) is 41.0 Å². The lowest BCUT2D eigenvalue weighted by atomic mass is 9.90. The number of carbonyl (C=O) groups excluding carboxylic acids is 2. The molecule has 156 valence electrons. The van der Waals surface area contributed by atoms with E-state index in [1.54, 1.807) is 0 Å². The van der Waals surface area contributed by atoms with E-state index in [2.05, 4.69) is 32.0 Å². The average molecular weight is 424 g/mol. The van der Waals surface area contributed by atoms with Gasteiger partial charge in [0.05, 0.1) is 5.69 Å². The van der Waals surface area contributed by atoms with Gasteiger partial charge in [-0.15, -0.1) is 11.3 Å². The van der Waals surface area contributed by atoms with E-state index in [-0.39, 0.29) is 23.9 Å². The maximum atomic E-state index is 12.9. The van der Waals surface area contributed by atoms with E-state index < -0.39 is 0 Å². The summed E-state index contributed by atoms with van der Waals surface area (Å²) >= 11 is 1.46. The molecule has 2 aliphatic rings. The monoisotopic (exact) mass is 423 g/mol. The van der Waals surface area contributed by atoms with Gasteiger partial charge in [0.25, 0.3) is 11.8 Å². The molecular formula is C22H25N5O2S. The number of thiazole rings is 1. The second kappa shape index (κ2) is 7.85. The summed E-state index contributed by atoms with van der Waals surface area (Å²) in [5.74, 6) is -0.268. The van der Waals surface area contributed by atoms with Gasteiger partial charge in [0.2, 0.25) is 0 Å². The molecule has 2 atom stereocenters. The van der Waals surface area contributed by atoms with Crippen LogP contribution in [0.2, 0.25) is 0 Å². The molecule has 4 N–H and O–H groups in total. The first-order valence-electron chi connectivity index (χ1n) is 10.5. The minimum Gasteiger partial charge on any atom is -0.351 e. The Balaban J connectivity index is 1.28. The Morgan fingerprint density at radius 1 is 1.07 bits per heavy atom. The van der Waals surface area contributed by atoms with E-state index in [0.29, 0.717) is 10.7 Å². The Hall–Kier alpha value is -2.71. The van der Waals surface area contributed by atoms with Crippen LogP contribution in [0.3, 0.4) is 0 Å². The smallest absolute Gasteiger partial charge is 0.280 e. The van der Waals surface area contributed by atoms with Crippen molar-refractivity contribution in [2.45, 2.75) is 57.8 Å². The SMILES string of the molecule is Cc1ccc2[nH]c(C(=O)N[C@H]3CCCC[C@H]3NC(=O)c3nc4c(s3)CNC4)cc2c1. The molecule has 1 aliphatic heterocycles. The third-order valence-electron chi connectivity index (χ3n) is 5.97. The quantitative estimate of drug-likeness (QED) is 0.518. The Labute approximate surface area is 178 Å². The highest BCUT2D eigenvalue weighted by Gasteiger charge is 2.30. The van der Waals surface area contributed by atoms with E-state index in [1.165, 1.54) is 11.3 Å². The summed E-state index contributed by atoms with van der Waals surface area (Å²) in [4.78, 5) is 34.5. The molecular weight excluding hydrogens is 398 g/mol. The van der Waals surface area contributed by atoms with E-state index in [0.717, 1.165) is 65.8 Å². The van der Waals surface area contributed by atoms with Gasteiger partial charge >= 0.3 is 0 Å². The Bertz CT molecular complexity index is 1100. The number of rotatable bonds is 4. The summed E-state index contributed by atoms with van der Waals surface area (Å²) in [6, 6.07) is 7.80. The van der Waals surface area contributed by atoms with Gasteiger partial charge in [-0.1, -0.05) is 24.5 Å². The molecule has 3 heterocycles. The number of hydrogen-bond acceptors (Lipinski definition) is 5. The van der Waals surface area contributed by atoms with E-state index in [9.17, 15) is 9.59 Å². The number of benzene rings is 1. The highest BCUT2D eigenvalue weighted by Crippen LogP contribution is 2.24. The molecule has 2 amide bonds. The Morgan fingerprint density at radius 3 is 2.60 bits per heavy atom. The first-order valence-corrected chi connectivity index (χ1v) is 11.3. The molecule has 2 aromatic heterocycles. The van der Waals surface area contributed by atoms with Crippen LogP contribution in [0.1, 0.15) is 62.1 Å². The molecule has 8 heteroatoms. The number of H-pyrrole nitrogens is 1. The van der Waals surface area contributed by atoms with Crippen LogP contribution >= 0.6 is 11.3 Å². The van der Waals surface area contributed by atoms with Crippen molar-refractivity contribution in [1.82, 2.24) is 25.9 Å². The number of carbonyl (C=O) groups is 2. The topological polar surface area (TPSA) is 98.9 Å². The second-order valence-corrected chi connectivity index (χ2v) is 9.29. The fraction of sp³-hybridized carbons (Fsp3) is 0.409. The first kappa shape index (κ1) is 19.3. The van der Waals surface area contributed by atoms with Crippen LogP contribution in [-0.2, 0) is 13.1 Å². The van der Waals surface area contributed by atoms with E-state index in [1.807, 2.05) is 25.1 Å². The number of nitrogens with one attached hydrogen (secondary N) is 4. The molecule has 7 nitrogen and oxygen atoms in total. The third kappa shape index (κ3) is 3.73. The van der Waals surface area contributed by atoms with Crippen LogP contribution in [0.5, 0.6) is 0 Å². The lowest BCUT2D eigenvalue weighted by Gasteiger charge is -2.32. The average Bonchev–Trinajstić information content (AvgIpc) is 3.43. The fourth-order valence-corrected chi connectivity index (χ4v) is 5.33. The zero-order valence-corrected chi connectivity index (χ0v) is 17.7. The van der Waals surface area contributed by atoms with Gasteiger partial charge < -0.3 is 20.9 Å². The molecule has 1 aromatic carbocycles. The minimum absolute atomic E-state index is 0.0845. The molecule has 0 unspecified atom stereocenters. The number of amides is 2. The van der Waals surface area contributed by atoms with E-state index in [4.69, 9.17) is 0 Å². The van der Waals surface area contributed by atoms with Crippen molar-refractivity contribution in [2.75, 3.05) is 0 Å². The largest absolute Gasteiger partial charge is 0.351 e. The molecule has 0 spiro atoms.